The molecule has 0 bridgehead atoms. The van der Waals surface area contributed by atoms with Crippen LogP contribution in [0.25, 0.3) is 0 Å². The number of aromatic nitrogens is 2. The Morgan fingerprint density at radius 2 is 1.75 bits per heavy atom. The number of aromatic carboxylic acids is 1. The molecule has 3 N–H and O–H groups in total. The summed E-state index contributed by atoms with van der Waals surface area (Å²) in [5, 5.41) is 9.50. The Bertz CT molecular complexity index is 927. The monoisotopic (exact) mass is 386 g/mol. The number of carboxylic acids is 1. The van der Waals surface area contributed by atoms with Gasteiger partial charge in [0, 0.05) is 17.3 Å². The van der Waals surface area contributed by atoms with Crippen molar-refractivity contribution in [1.29, 1.82) is 0 Å². The Kier molecular flexibility index (Phi) is 5.17. The van der Waals surface area contributed by atoms with Crippen LogP contribution in [0.15, 0.2) is 0 Å². The Morgan fingerprint density at radius 1 is 1.11 bits per heavy atom. The van der Waals surface area contributed by atoms with Gasteiger partial charge < -0.3 is 19.8 Å². The SMILES string of the molecule is CCc1c(C2CCCc3c2[nH]c(C(=O)O)c3C)[nH]c(C(=O)OC(C)(C)C)c1C. The number of carboxylic acid groups (broad SMARTS) is 1. The van der Waals surface area contributed by atoms with Gasteiger partial charge in [-0.1, -0.05) is 6.92 Å². The number of nitrogens with one attached hydrogen (secondary N) is 2. The smallest absolute Gasteiger partial charge is 0.355 e. The second-order valence-corrected chi connectivity index (χ2v) is 8.64. The summed E-state index contributed by atoms with van der Waals surface area (Å²) in [5.41, 5.74) is 6.12. The van der Waals surface area contributed by atoms with E-state index in [0.29, 0.717) is 5.69 Å². The maximum absolute atomic E-state index is 12.7. The first-order valence-electron chi connectivity index (χ1n) is 9.94. The van der Waals surface area contributed by atoms with Crippen molar-refractivity contribution in [3.05, 3.63) is 45.0 Å². The molecule has 0 saturated heterocycles. The van der Waals surface area contributed by atoms with Crippen molar-refractivity contribution >= 4 is 11.9 Å². The third-order valence-corrected chi connectivity index (χ3v) is 5.61. The number of rotatable bonds is 4. The van der Waals surface area contributed by atoms with Gasteiger partial charge in [-0.05, 0) is 82.6 Å². The zero-order valence-electron chi connectivity index (χ0n) is 17.6. The minimum Gasteiger partial charge on any atom is -0.477 e. The molecule has 0 amide bonds. The van der Waals surface area contributed by atoms with E-state index in [1.54, 1.807) is 0 Å². The molecule has 0 saturated carbocycles. The van der Waals surface area contributed by atoms with Gasteiger partial charge in [0.2, 0.25) is 0 Å². The molecular formula is C22H30N2O4. The molecule has 6 nitrogen and oxygen atoms in total. The van der Waals surface area contributed by atoms with E-state index in [9.17, 15) is 14.7 Å². The molecule has 0 radical (unpaired) electrons. The van der Waals surface area contributed by atoms with Crippen molar-refractivity contribution in [3.8, 4) is 0 Å². The van der Waals surface area contributed by atoms with E-state index in [4.69, 9.17) is 4.74 Å². The van der Waals surface area contributed by atoms with Crippen LogP contribution in [0.4, 0.5) is 0 Å². The minimum atomic E-state index is -0.932. The first-order chi connectivity index (χ1) is 13.0. The summed E-state index contributed by atoms with van der Waals surface area (Å²) >= 11 is 0. The van der Waals surface area contributed by atoms with E-state index >= 15 is 0 Å². The number of hydrogen-bond donors (Lipinski definition) is 3. The van der Waals surface area contributed by atoms with Crippen LogP contribution < -0.4 is 0 Å². The lowest BCUT2D eigenvalue weighted by Crippen LogP contribution is -2.24. The predicted molar refractivity (Wildman–Crippen MR) is 107 cm³/mol. The molecular weight excluding hydrogens is 356 g/mol. The van der Waals surface area contributed by atoms with E-state index < -0.39 is 11.6 Å². The summed E-state index contributed by atoms with van der Waals surface area (Å²) in [4.78, 5) is 30.8. The zero-order valence-corrected chi connectivity index (χ0v) is 17.6. The molecule has 6 heteroatoms. The fraction of sp³-hybridized carbons (Fsp3) is 0.545. The lowest BCUT2D eigenvalue weighted by atomic mass is 9.82. The van der Waals surface area contributed by atoms with Gasteiger partial charge in [0.05, 0.1) is 0 Å². The standard InChI is InChI=1S/C22H30N2O4/c1-7-13-11(2)17(21(27)28-22(4,5)6)24-18(13)15-10-8-9-14-12(3)16(20(25)26)23-19(14)15/h15,23-24H,7-10H2,1-6H3,(H,25,26). The van der Waals surface area contributed by atoms with Gasteiger partial charge in [-0.2, -0.15) is 0 Å². The number of carbonyl (C=O) groups excluding carboxylic acids is 1. The lowest BCUT2D eigenvalue weighted by Gasteiger charge is -2.23. The van der Waals surface area contributed by atoms with Crippen LogP contribution in [0.5, 0.6) is 0 Å². The van der Waals surface area contributed by atoms with Gasteiger partial charge in [0.25, 0.3) is 0 Å². The van der Waals surface area contributed by atoms with E-state index in [0.717, 1.165) is 59.3 Å². The highest BCUT2D eigenvalue weighted by molar-refractivity contribution is 5.90. The molecule has 1 aliphatic carbocycles. The van der Waals surface area contributed by atoms with E-state index in [2.05, 4.69) is 16.9 Å². The van der Waals surface area contributed by atoms with E-state index in [1.165, 1.54) is 0 Å². The molecule has 0 aromatic carbocycles. The molecule has 2 heterocycles. The largest absolute Gasteiger partial charge is 0.477 e. The molecule has 2 aromatic rings. The number of hydrogen-bond acceptors (Lipinski definition) is 3. The van der Waals surface area contributed by atoms with Crippen molar-refractivity contribution in [2.24, 2.45) is 0 Å². The quantitative estimate of drug-likeness (QED) is 0.667. The lowest BCUT2D eigenvalue weighted by molar-refractivity contribution is 0.00623. The molecule has 0 fully saturated rings. The van der Waals surface area contributed by atoms with Crippen LogP contribution in [0.2, 0.25) is 0 Å². The average Bonchev–Trinajstić information content (AvgIpc) is 3.11. The molecule has 152 valence electrons. The highest BCUT2D eigenvalue weighted by Gasteiger charge is 2.33. The number of H-pyrrole nitrogens is 2. The molecule has 1 unspecified atom stereocenters. The molecule has 0 aliphatic heterocycles. The zero-order chi connectivity index (χ0) is 20.8. The fourth-order valence-corrected chi connectivity index (χ4v) is 4.35. The molecule has 1 aliphatic rings. The fourth-order valence-electron chi connectivity index (χ4n) is 4.35. The number of fused-ring (bicyclic) bond motifs is 1. The third-order valence-electron chi connectivity index (χ3n) is 5.61. The summed E-state index contributed by atoms with van der Waals surface area (Å²) in [6.07, 6.45) is 3.56. The highest BCUT2D eigenvalue weighted by atomic mass is 16.6. The molecule has 3 rings (SSSR count). The van der Waals surface area contributed by atoms with Crippen LogP contribution in [0.3, 0.4) is 0 Å². The van der Waals surface area contributed by atoms with E-state index in [1.807, 2.05) is 34.6 Å². The van der Waals surface area contributed by atoms with Crippen LogP contribution in [-0.2, 0) is 17.6 Å². The van der Waals surface area contributed by atoms with Gasteiger partial charge in [-0.25, -0.2) is 9.59 Å². The number of carbonyl (C=O) groups is 2. The molecule has 1 atom stereocenters. The minimum absolute atomic E-state index is 0.0281. The first kappa shape index (κ1) is 20.2. The van der Waals surface area contributed by atoms with Crippen LogP contribution >= 0.6 is 0 Å². The second kappa shape index (κ2) is 7.15. The first-order valence-corrected chi connectivity index (χ1v) is 9.94. The van der Waals surface area contributed by atoms with Crippen molar-refractivity contribution in [3.63, 3.8) is 0 Å². The Balaban J connectivity index is 2.09. The van der Waals surface area contributed by atoms with Gasteiger partial charge in [-0.15, -0.1) is 0 Å². The Labute approximate surface area is 165 Å². The summed E-state index contributed by atoms with van der Waals surface area (Å²) in [7, 11) is 0. The number of ether oxygens (including phenoxy) is 1. The van der Waals surface area contributed by atoms with Crippen molar-refractivity contribution < 1.29 is 19.4 Å². The van der Waals surface area contributed by atoms with Gasteiger partial charge >= 0.3 is 11.9 Å². The Hall–Kier alpha value is -2.50. The summed E-state index contributed by atoms with van der Waals surface area (Å²) in [6, 6.07) is 0. The summed E-state index contributed by atoms with van der Waals surface area (Å²) in [6.45, 7) is 11.5. The normalized spacial score (nSPS) is 16.7. The maximum atomic E-state index is 12.7. The predicted octanol–water partition coefficient (Wildman–Crippen LogP) is 4.64. The van der Waals surface area contributed by atoms with Crippen molar-refractivity contribution in [2.75, 3.05) is 0 Å². The molecule has 28 heavy (non-hydrogen) atoms. The third kappa shape index (κ3) is 3.48. The van der Waals surface area contributed by atoms with Crippen LogP contribution in [0.1, 0.15) is 101 Å². The van der Waals surface area contributed by atoms with Gasteiger partial charge in [-0.3, -0.25) is 0 Å². The second-order valence-electron chi connectivity index (χ2n) is 8.64. The summed E-state index contributed by atoms with van der Waals surface area (Å²) in [5.74, 6) is -1.25. The maximum Gasteiger partial charge on any atom is 0.355 e. The molecule has 0 spiro atoms. The number of esters is 1. The van der Waals surface area contributed by atoms with Crippen molar-refractivity contribution in [2.45, 2.75) is 78.7 Å². The Morgan fingerprint density at radius 3 is 2.32 bits per heavy atom. The topological polar surface area (TPSA) is 95.2 Å². The van der Waals surface area contributed by atoms with Crippen LogP contribution in [0, 0.1) is 13.8 Å². The van der Waals surface area contributed by atoms with E-state index in [-0.39, 0.29) is 17.6 Å². The number of aromatic amines is 2. The van der Waals surface area contributed by atoms with Crippen molar-refractivity contribution in [1.82, 2.24) is 9.97 Å². The van der Waals surface area contributed by atoms with Gasteiger partial charge in [0.15, 0.2) is 0 Å². The average molecular weight is 386 g/mol. The van der Waals surface area contributed by atoms with Gasteiger partial charge in [0.1, 0.15) is 17.0 Å². The molecule has 2 aromatic heterocycles. The highest BCUT2D eigenvalue weighted by Crippen LogP contribution is 2.40. The summed E-state index contributed by atoms with van der Waals surface area (Å²) < 4.78 is 5.57. The van der Waals surface area contributed by atoms with Crippen LogP contribution in [-0.4, -0.2) is 32.6 Å².